The number of amides is 5. The molecule has 3 aliphatic rings. The highest BCUT2D eigenvalue weighted by Gasteiger charge is 2.52. The number of hydrogen-bond donors (Lipinski definition) is 11. The van der Waals surface area contributed by atoms with E-state index in [1.807, 2.05) is 4.90 Å². The van der Waals surface area contributed by atoms with Crippen LogP contribution < -0.4 is 21.3 Å². The molecular weight excluding hydrogens is 1230 g/mol. The number of rotatable bonds is 50. The molecule has 3 aliphatic heterocycles. The van der Waals surface area contributed by atoms with Crippen LogP contribution in [0.5, 0.6) is 0 Å². The molecule has 94 heavy (non-hydrogen) atoms. The van der Waals surface area contributed by atoms with Gasteiger partial charge in [-0.05, 0) is 49.3 Å². The number of anilines is 1. The number of aliphatic hydroxyl groups is 7. The van der Waals surface area contributed by atoms with E-state index in [1.165, 1.54) is 18.2 Å². The van der Waals surface area contributed by atoms with Gasteiger partial charge in [0.25, 0.3) is 5.91 Å². The Morgan fingerprint density at radius 3 is 1.45 bits per heavy atom. The molecule has 0 radical (unpaired) electrons. The number of hydrogen-bond acceptors (Lipinski definition) is 24. The van der Waals surface area contributed by atoms with E-state index in [-0.39, 0.29) is 195 Å². The summed E-state index contributed by atoms with van der Waals surface area (Å²) in [5.74, 6) is -1.97. The smallest absolute Gasteiger partial charge is 0.251 e. The quantitative estimate of drug-likeness (QED) is 0.0318. The van der Waals surface area contributed by atoms with Crippen LogP contribution in [0.1, 0.15) is 152 Å². The zero-order valence-corrected chi connectivity index (χ0v) is 55.8. The topological polar surface area (TPSA) is 405 Å². The SMILES string of the molecule is CCC(=O)N[C@H]1C(OCCOCCOCCOCCCC(=O)c2cc(NC(=O)CCC(=O)CCCCCCCCC(=O)N3CC(C)(CC)C(C)(CO)C3)cc(C(=O)NCCOCCOCCOCCOC3O[C@H](CO)[C@H](O)[C@H](O)[C@H]3NC(=O)CC)c2)O[C@H](CO)[C@H](O)[C@@H]1O. The highest BCUT2D eigenvalue weighted by atomic mass is 16.7. The Hall–Kier alpha value is -4.77. The van der Waals surface area contributed by atoms with Crippen molar-refractivity contribution in [3.05, 3.63) is 29.3 Å². The van der Waals surface area contributed by atoms with Crippen LogP contribution in [0.15, 0.2) is 18.2 Å². The van der Waals surface area contributed by atoms with Crippen LogP contribution in [0.2, 0.25) is 0 Å². The number of benzene rings is 1. The molecule has 4 unspecified atom stereocenters. The zero-order chi connectivity index (χ0) is 68.9. The first-order valence-corrected chi connectivity index (χ1v) is 33.4. The number of aliphatic hydroxyl groups excluding tert-OH is 7. The molecule has 0 saturated carbocycles. The summed E-state index contributed by atoms with van der Waals surface area (Å²) < 4.78 is 56.0. The summed E-state index contributed by atoms with van der Waals surface area (Å²) >= 11 is 0. The number of Topliss-reactive ketones (excluding diaryl/α,β-unsaturated/α-hetero) is 2. The number of unbranched alkanes of at least 4 members (excludes halogenated alkanes) is 5. The summed E-state index contributed by atoms with van der Waals surface area (Å²) in [6.07, 6.45) is -2.83. The Morgan fingerprint density at radius 2 is 0.968 bits per heavy atom. The summed E-state index contributed by atoms with van der Waals surface area (Å²) in [6, 6.07) is 2.26. The fraction of sp³-hybridized carbons (Fsp3) is 0.800. The van der Waals surface area contributed by atoms with Crippen molar-refractivity contribution < 1.29 is 117 Å². The van der Waals surface area contributed by atoms with E-state index >= 15 is 0 Å². The van der Waals surface area contributed by atoms with E-state index in [9.17, 15) is 69.3 Å². The maximum Gasteiger partial charge on any atom is 0.251 e. The Kier molecular flexibility index (Phi) is 39.0. The van der Waals surface area contributed by atoms with Gasteiger partial charge in [-0.25, -0.2) is 0 Å². The van der Waals surface area contributed by atoms with Gasteiger partial charge in [-0.1, -0.05) is 60.3 Å². The van der Waals surface area contributed by atoms with E-state index in [4.69, 9.17) is 47.4 Å². The molecule has 0 spiro atoms. The molecule has 0 bridgehead atoms. The Balaban J connectivity index is 1.15. The minimum atomic E-state index is -1.43. The molecule has 0 aromatic heterocycles. The number of likely N-dealkylation sites (tertiary alicyclic amines) is 1. The Labute approximate surface area is 552 Å². The minimum Gasteiger partial charge on any atom is -0.396 e. The van der Waals surface area contributed by atoms with Crippen molar-refractivity contribution in [2.24, 2.45) is 10.8 Å². The number of carbonyl (C=O) groups is 7. The maximum absolute atomic E-state index is 13.6. The molecule has 29 heteroatoms. The van der Waals surface area contributed by atoms with E-state index in [0.717, 1.165) is 38.5 Å². The van der Waals surface area contributed by atoms with Gasteiger partial charge in [-0.3, -0.25) is 33.6 Å². The number of ether oxygens (including phenoxy) is 10. The highest BCUT2D eigenvalue weighted by Crippen LogP contribution is 2.48. The maximum atomic E-state index is 13.6. The molecule has 3 saturated heterocycles. The van der Waals surface area contributed by atoms with Crippen LogP contribution in [-0.2, 0) is 71.3 Å². The van der Waals surface area contributed by atoms with Crippen molar-refractivity contribution in [1.29, 1.82) is 0 Å². The number of nitrogens with one attached hydrogen (secondary N) is 4. The van der Waals surface area contributed by atoms with Crippen molar-refractivity contribution in [3.63, 3.8) is 0 Å². The van der Waals surface area contributed by atoms with Gasteiger partial charge in [0, 0.05) is 93.4 Å². The fourth-order valence-corrected chi connectivity index (χ4v) is 11.0. The zero-order valence-electron chi connectivity index (χ0n) is 55.8. The second-order valence-electron chi connectivity index (χ2n) is 24.4. The van der Waals surface area contributed by atoms with Crippen molar-refractivity contribution in [3.8, 4) is 0 Å². The molecule has 4 rings (SSSR count). The van der Waals surface area contributed by atoms with E-state index in [1.54, 1.807) is 13.8 Å². The summed E-state index contributed by atoms with van der Waals surface area (Å²) in [7, 11) is 0. The van der Waals surface area contributed by atoms with Crippen molar-refractivity contribution >= 4 is 46.8 Å². The minimum absolute atomic E-state index is 0.0110. The van der Waals surface area contributed by atoms with Crippen LogP contribution in [0.4, 0.5) is 5.69 Å². The Bertz CT molecular complexity index is 2290. The van der Waals surface area contributed by atoms with Crippen LogP contribution >= 0.6 is 0 Å². The third-order valence-corrected chi connectivity index (χ3v) is 17.3. The first-order chi connectivity index (χ1) is 45.2. The van der Waals surface area contributed by atoms with Crippen molar-refractivity contribution in [1.82, 2.24) is 20.9 Å². The van der Waals surface area contributed by atoms with E-state index in [0.29, 0.717) is 38.8 Å². The van der Waals surface area contributed by atoms with Crippen LogP contribution in [0, 0.1) is 10.8 Å². The van der Waals surface area contributed by atoms with Gasteiger partial charge in [0.2, 0.25) is 23.6 Å². The largest absolute Gasteiger partial charge is 0.396 e. The molecule has 12 atom stereocenters. The molecule has 3 heterocycles. The molecule has 3 fully saturated rings. The van der Waals surface area contributed by atoms with Gasteiger partial charge in [-0.15, -0.1) is 0 Å². The molecule has 538 valence electrons. The second kappa shape index (κ2) is 44.9. The van der Waals surface area contributed by atoms with Gasteiger partial charge in [0.1, 0.15) is 54.5 Å². The molecule has 11 N–H and O–H groups in total. The van der Waals surface area contributed by atoms with E-state index < -0.39 is 86.3 Å². The lowest BCUT2D eigenvalue weighted by Crippen LogP contribution is -2.64. The normalized spacial score (nSPS) is 25.3. The fourth-order valence-electron chi connectivity index (χ4n) is 11.0. The third kappa shape index (κ3) is 28.0. The number of ketones is 2. The Morgan fingerprint density at radius 1 is 0.511 bits per heavy atom. The number of carbonyl (C=O) groups excluding carboxylic acids is 7. The predicted molar refractivity (Wildman–Crippen MR) is 339 cm³/mol. The average molecular weight is 1340 g/mol. The average Bonchev–Trinajstić information content (AvgIpc) is 1.61. The van der Waals surface area contributed by atoms with Crippen LogP contribution in [-0.4, -0.2) is 275 Å². The van der Waals surface area contributed by atoms with Gasteiger partial charge in [0.15, 0.2) is 18.4 Å². The molecular formula is C65H109N5O24. The predicted octanol–water partition coefficient (Wildman–Crippen LogP) is 0.845. The van der Waals surface area contributed by atoms with Crippen LogP contribution in [0.3, 0.4) is 0 Å². The standard InChI is InChI=1S/C65H109N5O24/c1-6-51(76)68-55-59(82)57(80)49(39-71)93-62(55)91-34-32-89-30-28-87-26-24-85-22-15-17-48(75)44-36-45(61(84)66-21-23-86-25-27-88-29-31-90-33-35-92-63-56(69-52(77)7-2)60(83)58(81)50(40-72)94-63)38-46(37-44)67-53(78)20-19-47(74)16-13-11-9-10-12-14-18-54(79)70-41-64(4,8-3)65(5,42-70)43-73/h36-38,49-50,55-60,62-63,71-73,80-83H,6-35,39-43H2,1-5H3,(H,66,84)(H,67,78)(H,68,76)(H,69,77)/t49-,50-,55-,56-,57+,58+,59-,60-,62?,63?,64?,65?/m1/s1. The highest BCUT2D eigenvalue weighted by molar-refractivity contribution is 6.03. The van der Waals surface area contributed by atoms with Crippen molar-refractivity contribution in [2.45, 2.75) is 192 Å². The lowest BCUT2D eigenvalue weighted by molar-refractivity contribution is -0.272. The van der Waals surface area contributed by atoms with Crippen molar-refractivity contribution in [2.75, 3.05) is 137 Å². The molecule has 5 amide bonds. The van der Waals surface area contributed by atoms with Gasteiger partial charge in [-0.2, -0.15) is 0 Å². The molecule has 0 aliphatic carbocycles. The summed E-state index contributed by atoms with van der Waals surface area (Å²) in [5.41, 5.74) is 0.0718. The first kappa shape index (κ1) is 81.7. The van der Waals surface area contributed by atoms with Crippen LogP contribution in [0.25, 0.3) is 0 Å². The second-order valence-corrected chi connectivity index (χ2v) is 24.4. The lowest BCUT2D eigenvalue weighted by atomic mass is 9.67. The number of nitrogens with zero attached hydrogens (tertiary/aromatic N) is 1. The molecule has 1 aromatic carbocycles. The molecule has 29 nitrogen and oxygen atoms in total. The van der Waals surface area contributed by atoms with E-state index in [2.05, 4.69) is 42.0 Å². The van der Waals surface area contributed by atoms with Gasteiger partial charge in [0.05, 0.1) is 106 Å². The summed E-state index contributed by atoms with van der Waals surface area (Å²) in [6.45, 7) is 12.1. The summed E-state index contributed by atoms with van der Waals surface area (Å²) in [5, 5.41) is 81.3. The summed E-state index contributed by atoms with van der Waals surface area (Å²) in [4.78, 5) is 92.0. The molecule has 1 aromatic rings. The lowest BCUT2D eigenvalue weighted by Gasteiger charge is -2.42. The van der Waals surface area contributed by atoms with Gasteiger partial charge < -0.3 is 109 Å². The first-order valence-electron chi connectivity index (χ1n) is 33.4. The third-order valence-electron chi connectivity index (χ3n) is 17.3. The van der Waals surface area contributed by atoms with Gasteiger partial charge >= 0.3 is 0 Å². The monoisotopic (exact) mass is 1340 g/mol.